The molecule has 108 valence electrons. The van der Waals surface area contributed by atoms with Crippen LogP contribution in [0.3, 0.4) is 0 Å². The summed E-state index contributed by atoms with van der Waals surface area (Å²) in [6.07, 6.45) is 0. The minimum atomic E-state index is -0.544. The third-order valence-corrected chi connectivity index (χ3v) is 3.07. The third-order valence-electron chi connectivity index (χ3n) is 2.52. The van der Waals surface area contributed by atoms with Gasteiger partial charge < -0.3 is 15.7 Å². The Hall–Kier alpha value is -2.24. The summed E-state index contributed by atoms with van der Waals surface area (Å²) in [5.41, 5.74) is 0.199. The molecule has 0 unspecified atom stereocenters. The van der Waals surface area contributed by atoms with Crippen LogP contribution in [0.15, 0.2) is 47.3 Å². The SMILES string of the molecule is O=C(Nc1ccc(O)c(=O)cc1)Nc1ccc(Cl)cc1Cl. The molecule has 0 atom stereocenters. The van der Waals surface area contributed by atoms with Crippen molar-refractivity contribution in [3.05, 3.63) is 62.7 Å². The number of benzene rings is 1. The molecule has 7 heteroatoms. The molecule has 2 amide bonds. The molecule has 0 saturated carbocycles. The Morgan fingerprint density at radius 1 is 1.00 bits per heavy atom. The Morgan fingerprint density at radius 2 is 1.71 bits per heavy atom. The molecule has 0 fully saturated rings. The Labute approximate surface area is 130 Å². The van der Waals surface area contributed by atoms with Crippen LogP contribution in [0.5, 0.6) is 5.75 Å². The summed E-state index contributed by atoms with van der Waals surface area (Å²) in [7, 11) is 0. The second-order valence-corrected chi connectivity index (χ2v) is 4.92. The molecule has 0 aromatic heterocycles. The molecule has 0 bridgehead atoms. The molecule has 3 N–H and O–H groups in total. The minimum Gasteiger partial charge on any atom is -0.504 e. The first kappa shape index (κ1) is 15.2. The number of aromatic hydroxyl groups is 1. The highest BCUT2D eigenvalue weighted by Gasteiger charge is 2.06. The van der Waals surface area contributed by atoms with Crippen molar-refractivity contribution in [1.29, 1.82) is 0 Å². The number of carbonyl (C=O) groups is 1. The molecule has 2 aromatic carbocycles. The second-order valence-electron chi connectivity index (χ2n) is 4.07. The molecule has 2 aromatic rings. The first-order valence-electron chi connectivity index (χ1n) is 5.82. The summed E-state index contributed by atoms with van der Waals surface area (Å²) in [6, 6.07) is 9.25. The predicted molar refractivity (Wildman–Crippen MR) is 83.5 cm³/mol. The van der Waals surface area contributed by atoms with Crippen molar-refractivity contribution in [2.24, 2.45) is 0 Å². The molecule has 0 aliphatic carbocycles. The molecular formula is C14H10Cl2N2O3. The monoisotopic (exact) mass is 324 g/mol. The highest BCUT2D eigenvalue weighted by molar-refractivity contribution is 6.36. The highest BCUT2D eigenvalue weighted by Crippen LogP contribution is 2.25. The van der Waals surface area contributed by atoms with Crippen LogP contribution in [0, 0.1) is 0 Å². The van der Waals surface area contributed by atoms with Crippen LogP contribution in [0.25, 0.3) is 0 Å². The number of nitrogens with one attached hydrogen (secondary N) is 2. The summed E-state index contributed by atoms with van der Waals surface area (Å²) < 4.78 is 0. The van der Waals surface area contributed by atoms with E-state index in [0.29, 0.717) is 21.4 Å². The quantitative estimate of drug-likeness (QED) is 0.788. The zero-order chi connectivity index (χ0) is 15.4. The fraction of sp³-hybridized carbons (Fsp3) is 0. The van der Waals surface area contributed by atoms with Gasteiger partial charge in [-0.1, -0.05) is 23.2 Å². The van der Waals surface area contributed by atoms with Gasteiger partial charge in [0.25, 0.3) is 0 Å². The number of urea groups is 1. The lowest BCUT2D eigenvalue weighted by molar-refractivity contribution is 0.262. The lowest BCUT2D eigenvalue weighted by Gasteiger charge is -2.08. The normalized spacial score (nSPS) is 10.0. The fourth-order valence-corrected chi connectivity index (χ4v) is 1.97. The lowest BCUT2D eigenvalue weighted by atomic mass is 10.3. The Balaban J connectivity index is 2.12. The molecule has 5 nitrogen and oxygen atoms in total. The van der Waals surface area contributed by atoms with Crippen LogP contribution in [-0.4, -0.2) is 11.1 Å². The molecule has 0 aliphatic rings. The van der Waals surface area contributed by atoms with E-state index in [0.717, 1.165) is 6.07 Å². The van der Waals surface area contributed by atoms with E-state index in [1.807, 2.05) is 0 Å². The smallest absolute Gasteiger partial charge is 0.323 e. The molecule has 2 rings (SSSR count). The average Bonchev–Trinajstić information content (AvgIpc) is 2.58. The van der Waals surface area contributed by atoms with E-state index in [2.05, 4.69) is 10.6 Å². The minimum absolute atomic E-state index is 0.302. The Kier molecular flexibility index (Phi) is 4.67. The Bertz CT molecular complexity index is 750. The fourth-order valence-electron chi connectivity index (χ4n) is 1.52. The summed E-state index contributed by atoms with van der Waals surface area (Å²) in [5.74, 6) is -0.399. The maximum Gasteiger partial charge on any atom is 0.323 e. The van der Waals surface area contributed by atoms with Crippen LogP contribution < -0.4 is 16.1 Å². The average molecular weight is 325 g/mol. The molecule has 0 saturated heterocycles. The van der Waals surface area contributed by atoms with Gasteiger partial charge in [0.2, 0.25) is 5.43 Å². The molecule has 0 heterocycles. The van der Waals surface area contributed by atoms with E-state index in [4.69, 9.17) is 23.2 Å². The first-order valence-corrected chi connectivity index (χ1v) is 6.58. The van der Waals surface area contributed by atoms with E-state index >= 15 is 0 Å². The second kappa shape index (κ2) is 6.47. The van der Waals surface area contributed by atoms with E-state index < -0.39 is 17.2 Å². The molecule has 0 radical (unpaired) electrons. The van der Waals surface area contributed by atoms with Gasteiger partial charge in [-0.05, 0) is 42.5 Å². The van der Waals surface area contributed by atoms with Crippen molar-refractivity contribution >= 4 is 40.6 Å². The molecule has 21 heavy (non-hydrogen) atoms. The van der Waals surface area contributed by atoms with Gasteiger partial charge >= 0.3 is 6.03 Å². The number of rotatable bonds is 2. The number of anilines is 2. The topological polar surface area (TPSA) is 78.4 Å². The third kappa shape index (κ3) is 4.11. The maximum atomic E-state index is 11.8. The molecule has 0 aliphatic heterocycles. The van der Waals surface area contributed by atoms with Crippen LogP contribution in [0.1, 0.15) is 0 Å². The number of hydrogen-bond donors (Lipinski definition) is 3. The van der Waals surface area contributed by atoms with Crippen LogP contribution in [-0.2, 0) is 0 Å². The first-order chi connectivity index (χ1) is 9.95. The lowest BCUT2D eigenvalue weighted by Crippen LogP contribution is -2.19. The molecule has 0 spiro atoms. The van der Waals surface area contributed by atoms with Crippen LogP contribution in [0.2, 0.25) is 10.0 Å². The van der Waals surface area contributed by atoms with Crippen molar-refractivity contribution < 1.29 is 9.90 Å². The van der Waals surface area contributed by atoms with Crippen molar-refractivity contribution in [3.8, 4) is 5.75 Å². The van der Waals surface area contributed by atoms with Crippen molar-refractivity contribution in [3.63, 3.8) is 0 Å². The van der Waals surface area contributed by atoms with Crippen molar-refractivity contribution in [2.45, 2.75) is 0 Å². The summed E-state index contributed by atoms with van der Waals surface area (Å²) >= 11 is 11.7. The Morgan fingerprint density at radius 3 is 2.43 bits per heavy atom. The summed E-state index contributed by atoms with van der Waals surface area (Å²) in [6.45, 7) is 0. The number of halogens is 2. The van der Waals surface area contributed by atoms with Crippen molar-refractivity contribution in [2.75, 3.05) is 10.6 Å². The number of hydrogen-bond acceptors (Lipinski definition) is 3. The van der Waals surface area contributed by atoms with E-state index in [9.17, 15) is 14.7 Å². The van der Waals surface area contributed by atoms with Gasteiger partial charge in [-0.3, -0.25) is 4.79 Å². The number of amides is 2. The molecular weight excluding hydrogens is 315 g/mol. The summed E-state index contributed by atoms with van der Waals surface area (Å²) in [4.78, 5) is 23.1. The van der Waals surface area contributed by atoms with Gasteiger partial charge in [0.05, 0.1) is 10.7 Å². The zero-order valence-electron chi connectivity index (χ0n) is 10.6. The van der Waals surface area contributed by atoms with Gasteiger partial charge in [-0.2, -0.15) is 0 Å². The van der Waals surface area contributed by atoms with Gasteiger partial charge in [0.15, 0.2) is 5.75 Å². The van der Waals surface area contributed by atoms with Gasteiger partial charge in [-0.25, -0.2) is 4.79 Å². The zero-order valence-corrected chi connectivity index (χ0v) is 12.1. The van der Waals surface area contributed by atoms with Crippen molar-refractivity contribution in [1.82, 2.24) is 0 Å². The highest BCUT2D eigenvalue weighted by atomic mass is 35.5. The van der Waals surface area contributed by atoms with Gasteiger partial charge in [0, 0.05) is 10.7 Å². The van der Waals surface area contributed by atoms with Crippen LogP contribution in [0.4, 0.5) is 16.2 Å². The van der Waals surface area contributed by atoms with Crippen LogP contribution >= 0.6 is 23.2 Å². The predicted octanol–water partition coefficient (Wildman–Crippen LogP) is 3.70. The van der Waals surface area contributed by atoms with E-state index in [1.54, 1.807) is 12.1 Å². The van der Waals surface area contributed by atoms with Gasteiger partial charge in [0.1, 0.15) is 0 Å². The largest absolute Gasteiger partial charge is 0.504 e. The standard InChI is InChI=1S/C14H10Cl2N2O3/c15-8-1-4-11(10(16)7-8)18-14(21)17-9-2-5-12(19)13(20)6-3-9/h1-7H,(H,19,20)(H2,17,18,21). The summed E-state index contributed by atoms with van der Waals surface area (Å²) in [5, 5.41) is 15.1. The van der Waals surface area contributed by atoms with E-state index in [1.165, 1.54) is 24.3 Å². The van der Waals surface area contributed by atoms with E-state index in [-0.39, 0.29) is 0 Å². The number of carbonyl (C=O) groups excluding carboxylic acids is 1. The van der Waals surface area contributed by atoms with Gasteiger partial charge in [-0.15, -0.1) is 0 Å². The maximum absolute atomic E-state index is 11.8.